The highest BCUT2D eigenvalue weighted by Gasteiger charge is 2.35. The summed E-state index contributed by atoms with van der Waals surface area (Å²) in [5.74, 6) is -2.39. The molecule has 9 nitrogen and oxygen atoms in total. The summed E-state index contributed by atoms with van der Waals surface area (Å²) in [4.78, 5) is 47.8. The van der Waals surface area contributed by atoms with Crippen molar-refractivity contribution in [3.8, 4) is 5.69 Å². The Balaban J connectivity index is 1.96. The Labute approximate surface area is 172 Å². The molecule has 30 heavy (non-hydrogen) atoms. The maximum Gasteiger partial charge on any atom is 0.338 e. The van der Waals surface area contributed by atoms with Crippen LogP contribution in [0.1, 0.15) is 34.2 Å². The molecule has 0 bridgehead atoms. The summed E-state index contributed by atoms with van der Waals surface area (Å²) in [5, 5.41) is 11.3. The van der Waals surface area contributed by atoms with E-state index >= 15 is 0 Å². The van der Waals surface area contributed by atoms with Crippen molar-refractivity contribution in [3.05, 3.63) is 58.5 Å². The first-order chi connectivity index (χ1) is 14.2. The zero-order chi connectivity index (χ0) is 22.0. The van der Waals surface area contributed by atoms with Gasteiger partial charge in [-0.3, -0.25) is 9.59 Å². The average molecular weight is 411 g/mol. The number of esters is 1. The number of nitrogens with one attached hydrogen (secondary N) is 1. The minimum absolute atomic E-state index is 0.00164. The van der Waals surface area contributed by atoms with Crippen LogP contribution in [0.15, 0.2) is 36.0 Å². The molecule has 0 unspecified atom stereocenters. The van der Waals surface area contributed by atoms with E-state index in [9.17, 15) is 19.2 Å². The number of ether oxygens (including phenoxy) is 1. The Morgan fingerprint density at radius 3 is 2.60 bits per heavy atom. The van der Waals surface area contributed by atoms with Crippen LogP contribution in [0.2, 0.25) is 0 Å². The van der Waals surface area contributed by atoms with Crippen LogP contribution in [0, 0.1) is 13.8 Å². The number of amides is 3. The van der Waals surface area contributed by atoms with Crippen molar-refractivity contribution in [1.29, 1.82) is 0 Å². The van der Waals surface area contributed by atoms with E-state index in [4.69, 9.17) is 9.84 Å². The van der Waals surface area contributed by atoms with Gasteiger partial charge in [-0.25, -0.2) is 14.5 Å². The third-order valence-electron chi connectivity index (χ3n) is 4.64. The number of benzene rings is 1. The Bertz CT molecular complexity index is 1080. The number of rotatable bonds is 6. The van der Waals surface area contributed by atoms with Gasteiger partial charge < -0.3 is 19.7 Å². The third kappa shape index (κ3) is 3.95. The second-order valence-corrected chi connectivity index (χ2v) is 6.71. The Morgan fingerprint density at radius 1 is 1.20 bits per heavy atom. The normalized spacial score (nSPS) is 14.9. The number of aromatic nitrogens is 1. The number of carbonyl (C=O) groups is 4. The van der Waals surface area contributed by atoms with E-state index in [2.05, 4.69) is 5.32 Å². The lowest BCUT2D eigenvalue weighted by molar-refractivity contribution is -0.140. The number of imide groups is 1. The molecule has 1 aromatic heterocycles. The standard InChI is InChI=1S/C21H21N3O6/c1-4-30-20(28)14-6-5-7-16(9-14)24-12(2)8-15(13(24)3)10-17-19(27)23(11-18(25)26)21(29)22-17/h5-10H,4,11H2,1-3H3,(H,22,29)(H,25,26)/b17-10+. The first kappa shape index (κ1) is 20.8. The molecule has 0 saturated carbocycles. The molecule has 0 aliphatic carbocycles. The fourth-order valence-electron chi connectivity index (χ4n) is 3.32. The number of hydrogen-bond acceptors (Lipinski definition) is 5. The number of carboxylic acids is 1. The first-order valence-electron chi connectivity index (χ1n) is 9.25. The van der Waals surface area contributed by atoms with E-state index in [-0.39, 0.29) is 12.3 Å². The highest BCUT2D eigenvalue weighted by molar-refractivity contribution is 6.15. The topological polar surface area (TPSA) is 118 Å². The molecule has 0 radical (unpaired) electrons. The van der Waals surface area contributed by atoms with E-state index in [0.29, 0.717) is 16.0 Å². The lowest BCUT2D eigenvalue weighted by atomic mass is 10.2. The summed E-state index contributed by atoms with van der Waals surface area (Å²) in [7, 11) is 0. The Hall–Kier alpha value is -3.88. The van der Waals surface area contributed by atoms with Gasteiger partial charge in [0.15, 0.2) is 0 Å². The number of aliphatic carboxylic acids is 1. The number of aryl methyl sites for hydroxylation is 1. The maximum absolute atomic E-state index is 12.4. The molecule has 3 amide bonds. The molecular formula is C21H21N3O6. The molecule has 2 aromatic rings. The number of nitrogens with zero attached hydrogens (tertiary/aromatic N) is 2. The quantitative estimate of drug-likeness (QED) is 0.428. The van der Waals surface area contributed by atoms with Crippen molar-refractivity contribution in [1.82, 2.24) is 14.8 Å². The molecule has 156 valence electrons. The van der Waals surface area contributed by atoms with Gasteiger partial charge in [0.05, 0.1) is 12.2 Å². The van der Waals surface area contributed by atoms with Gasteiger partial charge in [-0.1, -0.05) is 6.07 Å². The van der Waals surface area contributed by atoms with Crippen molar-refractivity contribution in [2.24, 2.45) is 0 Å². The summed E-state index contributed by atoms with van der Waals surface area (Å²) >= 11 is 0. The van der Waals surface area contributed by atoms with Crippen LogP contribution in [-0.2, 0) is 14.3 Å². The highest BCUT2D eigenvalue weighted by Crippen LogP contribution is 2.24. The molecule has 0 atom stereocenters. The molecule has 2 N–H and O–H groups in total. The van der Waals surface area contributed by atoms with E-state index in [1.807, 2.05) is 30.5 Å². The predicted octanol–water partition coefficient (Wildman–Crippen LogP) is 2.25. The third-order valence-corrected chi connectivity index (χ3v) is 4.64. The van der Waals surface area contributed by atoms with Gasteiger partial charge >= 0.3 is 18.0 Å². The smallest absolute Gasteiger partial charge is 0.338 e. The minimum atomic E-state index is -1.28. The largest absolute Gasteiger partial charge is 0.480 e. The number of hydrogen-bond donors (Lipinski definition) is 2. The first-order valence-corrected chi connectivity index (χ1v) is 9.25. The molecule has 2 heterocycles. The van der Waals surface area contributed by atoms with E-state index in [1.54, 1.807) is 25.1 Å². The van der Waals surface area contributed by atoms with Crippen LogP contribution < -0.4 is 5.32 Å². The fourth-order valence-corrected chi connectivity index (χ4v) is 3.32. The molecule has 1 saturated heterocycles. The second kappa shape index (κ2) is 8.24. The van der Waals surface area contributed by atoms with Gasteiger partial charge in [0, 0.05) is 17.1 Å². The van der Waals surface area contributed by atoms with Crippen molar-refractivity contribution < 1.29 is 29.0 Å². The SMILES string of the molecule is CCOC(=O)c1cccc(-n2c(C)cc(/C=C3/NC(=O)N(CC(=O)O)C3=O)c2C)c1. The minimum Gasteiger partial charge on any atom is -0.480 e. The van der Waals surface area contributed by atoms with Crippen molar-refractivity contribution in [2.45, 2.75) is 20.8 Å². The molecule has 1 aliphatic rings. The monoisotopic (exact) mass is 411 g/mol. The molecule has 3 rings (SSSR count). The van der Waals surface area contributed by atoms with Crippen molar-refractivity contribution in [2.75, 3.05) is 13.2 Å². The summed E-state index contributed by atoms with van der Waals surface area (Å²) < 4.78 is 6.96. The van der Waals surface area contributed by atoms with Crippen LogP contribution in [0.3, 0.4) is 0 Å². The van der Waals surface area contributed by atoms with Crippen LogP contribution in [0.25, 0.3) is 11.8 Å². The lowest BCUT2D eigenvalue weighted by Crippen LogP contribution is -2.35. The van der Waals surface area contributed by atoms with Gasteiger partial charge in [-0.2, -0.15) is 0 Å². The molecule has 1 fully saturated rings. The summed E-state index contributed by atoms with van der Waals surface area (Å²) in [5.41, 5.74) is 3.47. The Kier molecular flexibility index (Phi) is 5.72. The molecular weight excluding hydrogens is 390 g/mol. The van der Waals surface area contributed by atoms with Crippen LogP contribution in [0.5, 0.6) is 0 Å². The number of carboxylic acid groups (broad SMARTS) is 1. The van der Waals surface area contributed by atoms with Crippen molar-refractivity contribution in [3.63, 3.8) is 0 Å². The molecule has 9 heteroatoms. The lowest BCUT2D eigenvalue weighted by Gasteiger charge is -2.11. The van der Waals surface area contributed by atoms with Gasteiger partial charge in [0.1, 0.15) is 12.2 Å². The van der Waals surface area contributed by atoms with E-state index in [0.717, 1.165) is 17.1 Å². The summed E-state index contributed by atoms with van der Waals surface area (Å²) in [6.07, 6.45) is 1.51. The average Bonchev–Trinajstić information content (AvgIpc) is 3.11. The molecule has 0 spiro atoms. The zero-order valence-electron chi connectivity index (χ0n) is 16.8. The fraction of sp³-hybridized carbons (Fsp3) is 0.238. The second-order valence-electron chi connectivity index (χ2n) is 6.71. The maximum atomic E-state index is 12.4. The van der Waals surface area contributed by atoms with Gasteiger partial charge in [-0.15, -0.1) is 0 Å². The molecule has 1 aliphatic heterocycles. The van der Waals surface area contributed by atoms with Crippen LogP contribution >= 0.6 is 0 Å². The number of urea groups is 1. The van der Waals surface area contributed by atoms with Gasteiger partial charge in [0.2, 0.25) is 0 Å². The highest BCUT2D eigenvalue weighted by atomic mass is 16.5. The molecule has 1 aromatic carbocycles. The van der Waals surface area contributed by atoms with E-state index < -0.39 is 30.4 Å². The zero-order valence-corrected chi connectivity index (χ0v) is 16.8. The van der Waals surface area contributed by atoms with Crippen molar-refractivity contribution >= 4 is 30.0 Å². The Morgan fingerprint density at radius 2 is 1.93 bits per heavy atom. The number of carbonyl (C=O) groups excluding carboxylic acids is 3. The van der Waals surface area contributed by atoms with Gasteiger partial charge in [-0.05, 0) is 56.7 Å². The summed E-state index contributed by atoms with van der Waals surface area (Å²) in [6.45, 7) is 5.02. The van der Waals surface area contributed by atoms with E-state index in [1.165, 1.54) is 6.08 Å². The predicted molar refractivity (Wildman–Crippen MR) is 107 cm³/mol. The summed E-state index contributed by atoms with van der Waals surface area (Å²) in [6, 6.07) is 8.04. The van der Waals surface area contributed by atoms with Crippen LogP contribution in [-0.4, -0.2) is 51.6 Å². The van der Waals surface area contributed by atoms with Crippen LogP contribution in [0.4, 0.5) is 4.79 Å². The van der Waals surface area contributed by atoms with Gasteiger partial charge in [0.25, 0.3) is 5.91 Å².